The summed E-state index contributed by atoms with van der Waals surface area (Å²) in [5.74, 6) is -2.25. The number of rotatable bonds is 7. The summed E-state index contributed by atoms with van der Waals surface area (Å²) in [5.41, 5.74) is 0.835. The van der Waals surface area contributed by atoms with Gasteiger partial charge in [-0.3, -0.25) is 24.1 Å². The van der Waals surface area contributed by atoms with E-state index in [4.69, 9.17) is 4.84 Å². The number of carbonyl (C=O) groups is 5. The minimum absolute atomic E-state index is 0.0547. The quantitative estimate of drug-likeness (QED) is 0.540. The molecule has 1 aromatic rings. The minimum atomic E-state index is -0.644. The zero-order valence-electron chi connectivity index (χ0n) is 14.1. The van der Waals surface area contributed by atoms with Crippen molar-refractivity contribution in [3.05, 3.63) is 35.4 Å². The molecule has 0 unspecified atom stereocenters. The first-order chi connectivity index (χ1) is 12.5. The molecule has 26 heavy (non-hydrogen) atoms. The maximum atomic E-state index is 12.2. The fourth-order valence-corrected chi connectivity index (χ4v) is 2.96. The predicted octanol–water partition coefficient (Wildman–Crippen LogP) is 1.45. The Morgan fingerprint density at radius 3 is 2.04 bits per heavy atom. The van der Waals surface area contributed by atoms with Crippen molar-refractivity contribution in [1.29, 1.82) is 0 Å². The molecule has 1 aromatic carbocycles. The SMILES string of the molecule is O=C(CCCCCN1C(=O)c2ccccc2C1=O)ON1C(=O)CCC1=O. The third kappa shape index (κ3) is 3.49. The normalized spacial score (nSPS) is 16.5. The maximum Gasteiger partial charge on any atom is 0.333 e. The topological polar surface area (TPSA) is 101 Å². The van der Waals surface area contributed by atoms with Crippen LogP contribution in [0.1, 0.15) is 59.2 Å². The van der Waals surface area contributed by atoms with E-state index in [1.54, 1.807) is 24.3 Å². The van der Waals surface area contributed by atoms with Gasteiger partial charge in [0.2, 0.25) is 0 Å². The summed E-state index contributed by atoms with van der Waals surface area (Å²) in [5, 5.41) is 0.529. The Kier molecular flexibility index (Phi) is 5.11. The molecule has 1 saturated heterocycles. The van der Waals surface area contributed by atoms with Crippen LogP contribution in [0.5, 0.6) is 0 Å². The van der Waals surface area contributed by atoms with Crippen molar-refractivity contribution in [2.75, 3.05) is 6.54 Å². The van der Waals surface area contributed by atoms with Crippen LogP contribution in [0.2, 0.25) is 0 Å². The highest BCUT2D eigenvalue weighted by molar-refractivity contribution is 6.21. The molecule has 136 valence electrons. The van der Waals surface area contributed by atoms with E-state index in [-0.39, 0.29) is 37.6 Å². The zero-order valence-corrected chi connectivity index (χ0v) is 14.1. The van der Waals surface area contributed by atoms with Crippen LogP contribution in [0.4, 0.5) is 0 Å². The molecular formula is C18H18N2O6. The Labute approximate surface area is 149 Å². The summed E-state index contributed by atoms with van der Waals surface area (Å²) in [4.78, 5) is 64.8. The van der Waals surface area contributed by atoms with Crippen molar-refractivity contribution in [3.8, 4) is 0 Å². The number of hydrogen-bond acceptors (Lipinski definition) is 6. The van der Waals surface area contributed by atoms with Crippen LogP contribution >= 0.6 is 0 Å². The van der Waals surface area contributed by atoms with Crippen molar-refractivity contribution in [2.24, 2.45) is 0 Å². The highest BCUT2D eigenvalue weighted by Gasteiger charge is 2.34. The van der Waals surface area contributed by atoms with E-state index in [1.807, 2.05) is 0 Å². The fraction of sp³-hybridized carbons (Fsp3) is 0.389. The van der Waals surface area contributed by atoms with Gasteiger partial charge in [0.05, 0.1) is 11.1 Å². The molecule has 0 atom stereocenters. The molecule has 8 heteroatoms. The predicted molar refractivity (Wildman–Crippen MR) is 87.5 cm³/mol. The Morgan fingerprint density at radius 1 is 0.885 bits per heavy atom. The van der Waals surface area contributed by atoms with Crippen LogP contribution in [-0.4, -0.2) is 46.1 Å². The number of hydroxylamine groups is 2. The second kappa shape index (κ2) is 7.47. The van der Waals surface area contributed by atoms with Gasteiger partial charge in [-0.2, -0.15) is 0 Å². The van der Waals surface area contributed by atoms with E-state index in [0.717, 1.165) is 0 Å². The molecule has 0 bridgehead atoms. The van der Waals surface area contributed by atoms with Gasteiger partial charge in [-0.1, -0.05) is 18.6 Å². The molecule has 0 radical (unpaired) electrons. The number of benzene rings is 1. The summed E-state index contributed by atoms with van der Waals surface area (Å²) in [6.45, 7) is 0.282. The fourth-order valence-electron chi connectivity index (χ4n) is 2.96. The average Bonchev–Trinajstić information content (AvgIpc) is 3.07. The summed E-state index contributed by atoms with van der Waals surface area (Å²) >= 11 is 0. The van der Waals surface area contributed by atoms with E-state index >= 15 is 0 Å². The summed E-state index contributed by atoms with van der Waals surface area (Å²) in [6.07, 6.45) is 1.81. The van der Waals surface area contributed by atoms with Crippen LogP contribution in [0.25, 0.3) is 0 Å². The number of nitrogens with zero attached hydrogens (tertiary/aromatic N) is 2. The summed E-state index contributed by atoms with van der Waals surface area (Å²) in [7, 11) is 0. The largest absolute Gasteiger partial charge is 0.333 e. The van der Waals surface area contributed by atoms with Crippen molar-refractivity contribution in [1.82, 2.24) is 9.96 Å². The van der Waals surface area contributed by atoms with Crippen LogP contribution in [0.3, 0.4) is 0 Å². The summed E-state index contributed by atoms with van der Waals surface area (Å²) in [6, 6.07) is 6.70. The first-order valence-corrected chi connectivity index (χ1v) is 8.51. The minimum Gasteiger partial charge on any atom is -0.330 e. The molecular weight excluding hydrogens is 340 g/mol. The van der Waals surface area contributed by atoms with Crippen molar-refractivity contribution < 1.29 is 28.8 Å². The smallest absolute Gasteiger partial charge is 0.330 e. The Hall–Kier alpha value is -3.03. The highest BCUT2D eigenvalue weighted by Crippen LogP contribution is 2.23. The van der Waals surface area contributed by atoms with Crippen LogP contribution in [-0.2, 0) is 19.2 Å². The van der Waals surface area contributed by atoms with Gasteiger partial charge < -0.3 is 4.84 Å². The van der Waals surface area contributed by atoms with Gasteiger partial charge in [0.15, 0.2) is 0 Å². The van der Waals surface area contributed by atoms with Gasteiger partial charge in [-0.15, -0.1) is 5.06 Å². The number of imide groups is 2. The summed E-state index contributed by atoms with van der Waals surface area (Å²) < 4.78 is 0. The van der Waals surface area contributed by atoms with E-state index in [0.29, 0.717) is 35.5 Å². The molecule has 0 aliphatic carbocycles. The standard InChI is InChI=1S/C18H18N2O6/c21-14-9-10-15(22)20(14)26-16(23)8-2-1-5-11-19-17(24)12-6-3-4-7-13(12)18(19)25/h3-4,6-7H,1-2,5,8-11H2. The molecule has 4 amide bonds. The molecule has 2 aliphatic rings. The van der Waals surface area contributed by atoms with Gasteiger partial charge in [0, 0.05) is 25.8 Å². The third-order valence-corrected chi connectivity index (χ3v) is 4.34. The van der Waals surface area contributed by atoms with Crippen molar-refractivity contribution in [2.45, 2.75) is 38.5 Å². The first-order valence-electron chi connectivity index (χ1n) is 8.51. The molecule has 0 N–H and O–H groups in total. The van der Waals surface area contributed by atoms with Gasteiger partial charge >= 0.3 is 5.97 Å². The van der Waals surface area contributed by atoms with Crippen LogP contribution in [0, 0.1) is 0 Å². The number of amides is 4. The Balaban J connectivity index is 1.38. The van der Waals surface area contributed by atoms with Crippen molar-refractivity contribution in [3.63, 3.8) is 0 Å². The van der Waals surface area contributed by atoms with Gasteiger partial charge in [0.25, 0.3) is 23.6 Å². The number of fused-ring (bicyclic) bond motifs is 1. The molecule has 8 nitrogen and oxygen atoms in total. The molecule has 0 aromatic heterocycles. The lowest BCUT2D eigenvalue weighted by atomic mass is 10.1. The Bertz CT molecular complexity index is 737. The second-order valence-electron chi connectivity index (χ2n) is 6.16. The molecule has 3 rings (SSSR count). The third-order valence-electron chi connectivity index (χ3n) is 4.34. The molecule has 2 aliphatic heterocycles. The van der Waals surface area contributed by atoms with Crippen molar-refractivity contribution >= 4 is 29.6 Å². The maximum absolute atomic E-state index is 12.2. The van der Waals surface area contributed by atoms with E-state index < -0.39 is 17.8 Å². The lowest BCUT2D eigenvalue weighted by Crippen LogP contribution is -2.32. The number of hydrogen-bond donors (Lipinski definition) is 0. The molecule has 0 spiro atoms. The lowest BCUT2D eigenvalue weighted by Gasteiger charge is -2.14. The highest BCUT2D eigenvalue weighted by atomic mass is 16.7. The monoisotopic (exact) mass is 358 g/mol. The van der Waals surface area contributed by atoms with E-state index in [1.165, 1.54) is 4.90 Å². The number of unbranched alkanes of at least 4 members (excludes halogenated alkanes) is 2. The molecule has 0 saturated carbocycles. The number of carbonyl (C=O) groups excluding carboxylic acids is 5. The first kappa shape index (κ1) is 17.8. The van der Waals surface area contributed by atoms with E-state index in [2.05, 4.69) is 0 Å². The molecule has 2 heterocycles. The lowest BCUT2D eigenvalue weighted by molar-refractivity contribution is -0.197. The molecule has 1 fully saturated rings. The van der Waals surface area contributed by atoms with E-state index in [9.17, 15) is 24.0 Å². The van der Waals surface area contributed by atoms with Crippen LogP contribution < -0.4 is 0 Å². The van der Waals surface area contributed by atoms with Gasteiger partial charge in [-0.05, 0) is 25.0 Å². The average molecular weight is 358 g/mol. The zero-order chi connectivity index (χ0) is 18.7. The Morgan fingerprint density at radius 2 is 1.46 bits per heavy atom. The van der Waals surface area contributed by atoms with Gasteiger partial charge in [0.1, 0.15) is 0 Å². The van der Waals surface area contributed by atoms with Gasteiger partial charge in [-0.25, -0.2) is 4.79 Å². The van der Waals surface area contributed by atoms with Crippen LogP contribution in [0.15, 0.2) is 24.3 Å². The second-order valence-corrected chi connectivity index (χ2v) is 6.16.